The Bertz CT molecular complexity index is 629. The second-order valence-corrected chi connectivity index (χ2v) is 6.10. The fraction of sp³-hybridized carbons (Fsp3) is 0.438. The normalized spacial score (nSPS) is 14.6. The lowest BCUT2D eigenvalue weighted by Crippen LogP contribution is -2.52. The van der Waals surface area contributed by atoms with E-state index >= 15 is 0 Å². The molecule has 1 aliphatic rings. The number of nitrogens with one attached hydrogen (secondary N) is 1. The van der Waals surface area contributed by atoms with Crippen molar-refractivity contribution >= 4 is 35.0 Å². The van der Waals surface area contributed by atoms with Crippen molar-refractivity contribution in [2.45, 2.75) is 20.8 Å². The molecule has 6 nitrogen and oxygen atoms in total. The molecule has 0 bridgehead atoms. The summed E-state index contributed by atoms with van der Waals surface area (Å²) in [6, 6.07) is 3.62. The van der Waals surface area contributed by atoms with Crippen molar-refractivity contribution in [1.29, 1.82) is 0 Å². The molecule has 23 heavy (non-hydrogen) atoms. The number of halogens is 1. The zero-order valence-electron chi connectivity index (χ0n) is 13.5. The quantitative estimate of drug-likeness (QED) is 0.791. The maximum absolute atomic E-state index is 12.2. The summed E-state index contributed by atoms with van der Waals surface area (Å²) >= 11 is 6.14. The van der Waals surface area contributed by atoms with Crippen molar-refractivity contribution in [2.75, 3.05) is 31.5 Å². The third-order valence-electron chi connectivity index (χ3n) is 3.88. The van der Waals surface area contributed by atoms with E-state index in [9.17, 15) is 14.4 Å². The summed E-state index contributed by atoms with van der Waals surface area (Å²) in [5, 5.41) is 3.00. The van der Waals surface area contributed by atoms with Crippen molar-refractivity contribution in [3.8, 4) is 0 Å². The molecule has 1 aliphatic heterocycles. The van der Waals surface area contributed by atoms with Gasteiger partial charge >= 0.3 is 11.8 Å². The molecule has 1 aromatic rings. The summed E-state index contributed by atoms with van der Waals surface area (Å²) in [6.45, 7) is 6.82. The van der Waals surface area contributed by atoms with Crippen LogP contribution in [0, 0.1) is 13.8 Å². The minimum atomic E-state index is -0.713. The number of amides is 3. The molecule has 0 radical (unpaired) electrons. The number of benzene rings is 1. The van der Waals surface area contributed by atoms with Gasteiger partial charge in [-0.3, -0.25) is 14.4 Å². The zero-order chi connectivity index (χ0) is 17.1. The average molecular weight is 338 g/mol. The first-order valence-corrected chi connectivity index (χ1v) is 7.80. The highest BCUT2D eigenvalue weighted by Crippen LogP contribution is 2.27. The Balaban J connectivity index is 2.02. The highest BCUT2D eigenvalue weighted by molar-refractivity contribution is 6.41. The molecule has 0 spiro atoms. The molecule has 2 rings (SSSR count). The Morgan fingerprint density at radius 2 is 1.61 bits per heavy atom. The van der Waals surface area contributed by atoms with Crippen LogP contribution in [-0.2, 0) is 14.4 Å². The van der Waals surface area contributed by atoms with E-state index in [1.165, 1.54) is 11.8 Å². The van der Waals surface area contributed by atoms with Gasteiger partial charge in [-0.15, -0.1) is 0 Å². The number of hydrogen-bond acceptors (Lipinski definition) is 3. The lowest BCUT2D eigenvalue weighted by atomic mass is 10.1. The maximum atomic E-state index is 12.2. The van der Waals surface area contributed by atoms with Gasteiger partial charge in [0.1, 0.15) is 0 Å². The molecule has 1 fully saturated rings. The first-order chi connectivity index (χ1) is 10.8. The van der Waals surface area contributed by atoms with Crippen molar-refractivity contribution in [3.05, 3.63) is 28.3 Å². The van der Waals surface area contributed by atoms with Crippen molar-refractivity contribution < 1.29 is 14.4 Å². The second-order valence-electron chi connectivity index (χ2n) is 5.69. The molecular weight excluding hydrogens is 318 g/mol. The monoisotopic (exact) mass is 337 g/mol. The fourth-order valence-electron chi connectivity index (χ4n) is 2.61. The van der Waals surface area contributed by atoms with Gasteiger partial charge in [-0.05, 0) is 31.0 Å². The van der Waals surface area contributed by atoms with Crippen LogP contribution in [0.5, 0.6) is 0 Å². The number of nitrogens with zero attached hydrogens (tertiary/aromatic N) is 2. The Labute approximate surface area is 140 Å². The lowest BCUT2D eigenvalue weighted by Gasteiger charge is -2.33. The molecule has 0 atom stereocenters. The van der Waals surface area contributed by atoms with Crippen molar-refractivity contribution in [3.63, 3.8) is 0 Å². The molecule has 1 saturated heterocycles. The van der Waals surface area contributed by atoms with Gasteiger partial charge in [0.15, 0.2) is 0 Å². The fourth-order valence-corrected chi connectivity index (χ4v) is 2.98. The van der Waals surface area contributed by atoms with Crippen molar-refractivity contribution in [2.24, 2.45) is 0 Å². The molecule has 1 N–H and O–H groups in total. The summed E-state index contributed by atoms with van der Waals surface area (Å²) in [5.74, 6) is -1.34. The molecule has 7 heteroatoms. The molecule has 0 aliphatic carbocycles. The van der Waals surface area contributed by atoms with Crippen LogP contribution in [0.4, 0.5) is 5.69 Å². The van der Waals surface area contributed by atoms with Crippen molar-refractivity contribution in [1.82, 2.24) is 9.80 Å². The van der Waals surface area contributed by atoms with Crippen LogP contribution in [0.3, 0.4) is 0 Å². The maximum Gasteiger partial charge on any atom is 0.313 e. The SMILES string of the molecule is CC(=O)N1CCN(C(=O)C(=O)Nc2c(C)cc(C)cc2Cl)CC1. The van der Waals surface area contributed by atoms with Gasteiger partial charge in [-0.2, -0.15) is 0 Å². The van der Waals surface area contributed by atoms with Crippen LogP contribution >= 0.6 is 11.6 Å². The largest absolute Gasteiger partial charge is 0.339 e. The number of rotatable bonds is 1. The van der Waals surface area contributed by atoms with E-state index in [0.29, 0.717) is 36.9 Å². The average Bonchev–Trinajstić information content (AvgIpc) is 2.50. The van der Waals surface area contributed by atoms with Crippen LogP contribution < -0.4 is 5.32 Å². The first kappa shape index (κ1) is 17.3. The summed E-state index contributed by atoms with van der Waals surface area (Å²) in [4.78, 5) is 38.8. The molecule has 0 unspecified atom stereocenters. The predicted molar refractivity (Wildman–Crippen MR) is 88.4 cm³/mol. The Kier molecular flexibility index (Phi) is 5.26. The standard InChI is InChI=1S/C16H20ClN3O3/c1-10-8-11(2)14(13(17)9-10)18-15(22)16(23)20-6-4-19(5-7-20)12(3)21/h8-9H,4-7H2,1-3H3,(H,18,22). The van der Waals surface area contributed by atoms with Crippen LogP contribution in [0.15, 0.2) is 12.1 Å². The van der Waals surface area contributed by atoms with Crippen LogP contribution in [-0.4, -0.2) is 53.7 Å². The van der Waals surface area contributed by atoms with E-state index in [4.69, 9.17) is 11.6 Å². The Morgan fingerprint density at radius 1 is 1.04 bits per heavy atom. The van der Waals surface area contributed by atoms with E-state index in [0.717, 1.165) is 11.1 Å². The van der Waals surface area contributed by atoms with E-state index in [-0.39, 0.29) is 5.91 Å². The zero-order valence-corrected chi connectivity index (χ0v) is 14.2. The predicted octanol–water partition coefficient (Wildman–Crippen LogP) is 1.59. The van der Waals surface area contributed by atoms with Gasteiger partial charge in [0.05, 0.1) is 10.7 Å². The molecule has 124 valence electrons. The topological polar surface area (TPSA) is 69.7 Å². The van der Waals surface area contributed by atoms with E-state index in [1.807, 2.05) is 19.9 Å². The lowest BCUT2D eigenvalue weighted by molar-refractivity contribution is -0.145. The number of aryl methyl sites for hydroxylation is 2. The van der Waals surface area contributed by atoms with Crippen LogP contribution in [0.1, 0.15) is 18.1 Å². The third-order valence-corrected chi connectivity index (χ3v) is 4.17. The molecule has 0 saturated carbocycles. The minimum Gasteiger partial charge on any atom is -0.339 e. The summed E-state index contributed by atoms with van der Waals surface area (Å²) in [7, 11) is 0. The summed E-state index contributed by atoms with van der Waals surface area (Å²) in [6.07, 6.45) is 0. The highest BCUT2D eigenvalue weighted by atomic mass is 35.5. The van der Waals surface area contributed by atoms with Gasteiger partial charge in [0, 0.05) is 33.1 Å². The number of hydrogen-bond donors (Lipinski definition) is 1. The first-order valence-electron chi connectivity index (χ1n) is 7.42. The van der Waals surface area contributed by atoms with E-state index in [2.05, 4.69) is 5.32 Å². The number of piperazine rings is 1. The Morgan fingerprint density at radius 3 is 2.13 bits per heavy atom. The summed E-state index contributed by atoms with van der Waals surface area (Å²) in [5.41, 5.74) is 2.24. The van der Waals surface area contributed by atoms with E-state index in [1.54, 1.807) is 11.0 Å². The third kappa shape index (κ3) is 4.01. The number of carbonyl (C=O) groups is 3. The smallest absolute Gasteiger partial charge is 0.313 e. The molecular formula is C16H20ClN3O3. The Hall–Kier alpha value is -2.08. The molecule has 1 heterocycles. The van der Waals surface area contributed by atoms with Gasteiger partial charge < -0.3 is 15.1 Å². The van der Waals surface area contributed by atoms with Gasteiger partial charge in [-0.1, -0.05) is 17.7 Å². The summed E-state index contributed by atoms with van der Waals surface area (Å²) < 4.78 is 0. The van der Waals surface area contributed by atoms with Gasteiger partial charge in [0.2, 0.25) is 5.91 Å². The number of carbonyl (C=O) groups excluding carboxylic acids is 3. The number of anilines is 1. The molecule has 1 aromatic carbocycles. The van der Waals surface area contributed by atoms with Gasteiger partial charge in [-0.25, -0.2) is 0 Å². The van der Waals surface area contributed by atoms with Crippen LogP contribution in [0.2, 0.25) is 5.02 Å². The second kappa shape index (κ2) is 7.00. The molecule has 0 aromatic heterocycles. The molecule has 3 amide bonds. The minimum absolute atomic E-state index is 0.0244. The van der Waals surface area contributed by atoms with Crippen LogP contribution in [0.25, 0.3) is 0 Å². The highest BCUT2D eigenvalue weighted by Gasteiger charge is 2.27. The van der Waals surface area contributed by atoms with Gasteiger partial charge in [0.25, 0.3) is 0 Å². The van der Waals surface area contributed by atoms with E-state index < -0.39 is 11.8 Å².